The molecule has 0 saturated heterocycles. The molecule has 1 aliphatic carbocycles. The van der Waals surface area contributed by atoms with Crippen LogP contribution in [0, 0.1) is 5.41 Å². The summed E-state index contributed by atoms with van der Waals surface area (Å²) in [6.07, 6.45) is 2.61. The Morgan fingerprint density at radius 3 is 3.00 bits per heavy atom. The Labute approximate surface area is 122 Å². The molecule has 102 valence electrons. The third-order valence-corrected chi connectivity index (χ3v) is 5.44. The van der Waals surface area contributed by atoms with Crippen LogP contribution in [0.15, 0.2) is 23.4 Å². The number of fused-ring (bicyclic) bond motifs is 1. The summed E-state index contributed by atoms with van der Waals surface area (Å²) in [5.41, 5.74) is 2.51. The average molecular weight is 294 g/mol. The largest absolute Gasteiger partial charge is 0.494 e. The summed E-state index contributed by atoms with van der Waals surface area (Å²) in [6.45, 7) is 2.68. The summed E-state index contributed by atoms with van der Waals surface area (Å²) in [7, 11) is 0. The molecule has 0 unspecified atom stereocenters. The third-order valence-electron chi connectivity index (χ3n) is 3.55. The van der Waals surface area contributed by atoms with Crippen LogP contribution in [-0.2, 0) is 0 Å². The number of benzene rings is 1. The number of nitrogens with one attached hydrogen (secondary N) is 1. The van der Waals surface area contributed by atoms with Crippen LogP contribution in [0.2, 0.25) is 0 Å². The molecule has 0 aliphatic heterocycles. The number of nitrogens with zero attached hydrogens (tertiary/aromatic N) is 1. The van der Waals surface area contributed by atoms with Crippen molar-refractivity contribution in [3.63, 3.8) is 0 Å². The zero-order chi connectivity index (χ0) is 13.3. The molecule has 1 saturated carbocycles. The van der Waals surface area contributed by atoms with E-state index in [2.05, 4.69) is 22.6 Å². The van der Waals surface area contributed by atoms with Gasteiger partial charge in [0.25, 0.3) is 0 Å². The lowest BCUT2D eigenvalue weighted by atomic mass is 10.2. The molecule has 1 aliphatic rings. The van der Waals surface area contributed by atoms with Gasteiger partial charge in [0.15, 0.2) is 5.16 Å². The molecule has 5 heteroatoms. The molecule has 3 nitrogen and oxygen atoms in total. The lowest BCUT2D eigenvalue weighted by Gasteiger charge is -2.08. The van der Waals surface area contributed by atoms with Crippen molar-refractivity contribution in [2.75, 3.05) is 18.1 Å². The van der Waals surface area contributed by atoms with E-state index in [1.807, 2.05) is 25.1 Å². The van der Waals surface area contributed by atoms with E-state index < -0.39 is 0 Å². The van der Waals surface area contributed by atoms with Crippen LogP contribution in [0.3, 0.4) is 0 Å². The van der Waals surface area contributed by atoms with E-state index in [0.717, 1.165) is 33.4 Å². The van der Waals surface area contributed by atoms with E-state index in [1.165, 1.54) is 12.8 Å². The molecule has 0 spiro atoms. The SMILES string of the molecule is CCOc1ccc2nc(SCC3(CS)CC3)[nH]c2c1. The number of thiol groups is 1. The lowest BCUT2D eigenvalue weighted by molar-refractivity contribution is 0.340. The fraction of sp³-hybridized carbons (Fsp3) is 0.500. The number of aromatic nitrogens is 2. The van der Waals surface area contributed by atoms with Crippen LogP contribution in [0.25, 0.3) is 11.0 Å². The Balaban J connectivity index is 1.74. The predicted octanol–water partition coefficient (Wildman–Crippen LogP) is 3.76. The molecule has 1 fully saturated rings. The number of hydrogen-bond donors (Lipinski definition) is 2. The van der Waals surface area contributed by atoms with Gasteiger partial charge in [-0.1, -0.05) is 11.8 Å². The van der Waals surface area contributed by atoms with Crippen LogP contribution in [-0.4, -0.2) is 28.1 Å². The Bertz CT molecular complexity index is 578. The van der Waals surface area contributed by atoms with E-state index in [4.69, 9.17) is 4.74 Å². The van der Waals surface area contributed by atoms with E-state index in [0.29, 0.717) is 12.0 Å². The minimum Gasteiger partial charge on any atom is -0.494 e. The molecule has 2 aromatic rings. The highest BCUT2D eigenvalue weighted by Crippen LogP contribution is 2.49. The van der Waals surface area contributed by atoms with Crippen LogP contribution < -0.4 is 4.74 Å². The molecule has 1 N–H and O–H groups in total. The highest BCUT2D eigenvalue weighted by molar-refractivity contribution is 7.99. The maximum atomic E-state index is 5.50. The van der Waals surface area contributed by atoms with Gasteiger partial charge >= 0.3 is 0 Å². The Morgan fingerprint density at radius 2 is 2.32 bits per heavy atom. The van der Waals surface area contributed by atoms with Crippen LogP contribution >= 0.6 is 24.4 Å². The van der Waals surface area contributed by atoms with Gasteiger partial charge in [0.05, 0.1) is 17.6 Å². The zero-order valence-corrected chi connectivity index (χ0v) is 12.7. The summed E-state index contributed by atoms with van der Waals surface area (Å²) in [6, 6.07) is 5.99. The second-order valence-electron chi connectivity index (χ2n) is 5.10. The maximum Gasteiger partial charge on any atom is 0.166 e. The fourth-order valence-electron chi connectivity index (χ4n) is 2.04. The van der Waals surface area contributed by atoms with Gasteiger partial charge in [-0.3, -0.25) is 0 Å². The van der Waals surface area contributed by atoms with Gasteiger partial charge in [-0.25, -0.2) is 4.98 Å². The van der Waals surface area contributed by atoms with Crippen molar-refractivity contribution >= 4 is 35.4 Å². The number of aromatic amines is 1. The number of hydrogen-bond acceptors (Lipinski definition) is 4. The van der Waals surface area contributed by atoms with Gasteiger partial charge in [0.2, 0.25) is 0 Å². The predicted molar refractivity (Wildman–Crippen MR) is 83.5 cm³/mol. The van der Waals surface area contributed by atoms with Gasteiger partial charge in [0, 0.05) is 11.8 Å². The molecule has 0 radical (unpaired) electrons. The Kier molecular flexibility index (Phi) is 3.67. The Morgan fingerprint density at radius 1 is 1.47 bits per heavy atom. The minimum atomic E-state index is 0.462. The van der Waals surface area contributed by atoms with Crippen LogP contribution in [0.5, 0.6) is 5.75 Å². The number of thioether (sulfide) groups is 1. The van der Waals surface area contributed by atoms with Crippen molar-refractivity contribution in [3.05, 3.63) is 18.2 Å². The first kappa shape index (κ1) is 13.2. The Hall–Kier alpha value is -0.810. The second-order valence-corrected chi connectivity index (χ2v) is 6.38. The smallest absolute Gasteiger partial charge is 0.166 e. The van der Waals surface area contributed by atoms with Crippen molar-refractivity contribution in [3.8, 4) is 5.75 Å². The normalized spacial score (nSPS) is 16.7. The highest BCUT2D eigenvalue weighted by Gasteiger charge is 2.41. The van der Waals surface area contributed by atoms with Crippen molar-refractivity contribution < 1.29 is 4.74 Å². The van der Waals surface area contributed by atoms with Gasteiger partial charge in [-0.15, -0.1) is 0 Å². The van der Waals surface area contributed by atoms with E-state index in [1.54, 1.807) is 11.8 Å². The van der Waals surface area contributed by atoms with Crippen LogP contribution in [0.4, 0.5) is 0 Å². The topological polar surface area (TPSA) is 37.9 Å². The first-order chi connectivity index (χ1) is 9.24. The number of H-pyrrole nitrogens is 1. The molecule has 0 bridgehead atoms. The third kappa shape index (κ3) is 2.87. The van der Waals surface area contributed by atoms with Crippen molar-refractivity contribution in [2.45, 2.75) is 24.9 Å². The average Bonchev–Trinajstić information content (AvgIpc) is 3.09. The summed E-state index contributed by atoms with van der Waals surface area (Å²) < 4.78 is 5.50. The van der Waals surface area contributed by atoms with Crippen molar-refractivity contribution in [2.24, 2.45) is 5.41 Å². The molecular formula is C14H18N2OS2. The first-order valence-electron chi connectivity index (χ1n) is 6.61. The molecule has 0 amide bonds. The highest BCUT2D eigenvalue weighted by atomic mass is 32.2. The van der Waals surface area contributed by atoms with Crippen molar-refractivity contribution in [1.82, 2.24) is 9.97 Å². The number of rotatable bonds is 6. The molecular weight excluding hydrogens is 276 g/mol. The summed E-state index contributed by atoms with van der Waals surface area (Å²) in [5.74, 6) is 2.98. The summed E-state index contributed by atoms with van der Waals surface area (Å²) >= 11 is 6.24. The van der Waals surface area contributed by atoms with Crippen LogP contribution in [0.1, 0.15) is 19.8 Å². The zero-order valence-electron chi connectivity index (χ0n) is 11.0. The fourth-order valence-corrected chi connectivity index (χ4v) is 3.79. The van der Waals surface area contributed by atoms with Gasteiger partial charge in [-0.2, -0.15) is 12.6 Å². The molecule has 3 rings (SSSR count). The first-order valence-corrected chi connectivity index (χ1v) is 8.23. The minimum absolute atomic E-state index is 0.462. The van der Waals surface area contributed by atoms with Gasteiger partial charge in [-0.05, 0) is 43.1 Å². The van der Waals surface area contributed by atoms with Gasteiger partial charge < -0.3 is 9.72 Å². The van der Waals surface area contributed by atoms with E-state index in [-0.39, 0.29) is 0 Å². The monoisotopic (exact) mass is 294 g/mol. The molecule has 1 heterocycles. The van der Waals surface area contributed by atoms with Crippen molar-refractivity contribution in [1.29, 1.82) is 0 Å². The molecule has 1 aromatic heterocycles. The maximum absolute atomic E-state index is 5.50. The summed E-state index contributed by atoms with van der Waals surface area (Å²) in [4.78, 5) is 7.97. The number of ether oxygens (including phenoxy) is 1. The second kappa shape index (κ2) is 5.29. The lowest BCUT2D eigenvalue weighted by Crippen LogP contribution is -2.05. The molecule has 1 aromatic carbocycles. The molecule has 19 heavy (non-hydrogen) atoms. The quantitative estimate of drug-likeness (QED) is 0.629. The van der Waals surface area contributed by atoms with E-state index in [9.17, 15) is 0 Å². The standard InChI is InChI=1S/C14H18N2OS2/c1-2-17-10-3-4-11-12(7-10)16-13(15-11)19-9-14(8-18)5-6-14/h3-4,7,18H,2,5-6,8-9H2,1H3,(H,15,16). The number of imidazole rings is 1. The van der Waals surface area contributed by atoms with Gasteiger partial charge in [0.1, 0.15) is 5.75 Å². The summed E-state index contributed by atoms with van der Waals surface area (Å²) in [5, 5.41) is 0.997. The molecule has 0 atom stereocenters. The van der Waals surface area contributed by atoms with E-state index >= 15 is 0 Å².